The van der Waals surface area contributed by atoms with Gasteiger partial charge in [-0.25, -0.2) is 0 Å². The quantitative estimate of drug-likeness (QED) is 0.382. The Hall–Kier alpha value is -2.28. The zero-order chi connectivity index (χ0) is 20.4. The van der Waals surface area contributed by atoms with Gasteiger partial charge in [-0.05, 0) is 36.2 Å². The molecule has 1 heterocycles. The highest BCUT2D eigenvalue weighted by atomic mass is 32.2. The summed E-state index contributed by atoms with van der Waals surface area (Å²) in [6.07, 6.45) is 8.50. The molecule has 0 fully saturated rings. The third kappa shape index (κ3) is 8.17. The molecule has 154 valence electrons. The number of carbonyl (C=O) groups is 1. The highest BCUT2D eigenvalue weighted by Gasteiger charge is 2.16. The highest BCUT2D eigenvalue weighted by molar-refractivity contribution is 7.86. The van der Waals surface area contributed by atoms with E-state index >= 15 is 0 Å². The SMILES string of the molecule is CCCCCCCC(=O)N(Cc1cccc(OS(C)(=O)=O)c1)Cc1ccco1. The van der Waals surface area contributed by atoms with Gasteiger partial charge in [0, 0.05) is 13.0 Å². The van der Waals surface area contributed by atoms with E-state index in [2.05, 4.69) is 6.92 Å². The molecule has 0 radical (unpaired) electrons. The van der Waals surface area contributed by atoms with Gasteiger partial charge in [0.05, 0.1) is 19.1 Å². The summed E-state index contributed by atoms with van der Waals surface area (Å²) in [5.41, 5.74) is 0.798. The van der Waals surface area contributed by atoms with Crippen molar-refractivity contribution >= 4 is 16.0 Å². The smallest absolute Gasteiger partial charge is 0.306 e. The van der Waals surface area contributed by atoms with Gasteiger partial charge in [-0.3, -0.25) is 4.79 Å². The lowest BCUT2D eigenvalue weighted by Crippen LogP contribution is -2.29. The van der Waals surface area contributed by atoms with Crippen LogP contribution in [0.2, 0.25) is 0 Å². The first-order valence-electron chi connectivity index (χ1n) is 9.66. The predicted octanol–water partition coefficient (Wildman–Crippen LogP) is 4.51. The molecule has 0 atom stereocenters. The Bertz CT molecular complexity index is 830. The molecule has 0 unspecified atom stereocenters. The lowest BCUT2D eigenvalue weighted by molar-refractivity contribution is -0.132. The van der Waals surface area contributed by atoms with E-state index < -0.39 is 10.1 Å². The molecule has 0 bridgehead atoms. The van der Waals surface area contributed by atoms with Crippen LogP contribution in [-0.2, 0) is 28.0 Å². The van der Waals surface area contributed by atoms with Crippen LogP contribution >= 0.6 is 0 Å². The van der Waals surface area contributed by atoms with Gasteiger partial charge in [0.25, 0.3) is 0 Å². The average Bonchev–Trinajstić information content (AvgIpc) is 3.13. The van der Waals surface area contributed by atoms with E-state index in [0.29, 0.717) is 25.3 Å². The minimum absolute atomic E-state index is 0.0577. The standard InChI is InChI=1S/C21H29NO5S/c1-3-4-5-6-7-13-21(23)22(17-20-12-9-14-26-20)16-18-10-8-11-19(15-18)27-28(2,24)25/h8-12,14-15H,3-7,13,16-17H2,1-2H3. The second-order valence-corrected chi connectivity index (χ2v) is 8.50. The number of hydrogen-bond donors (Lipinski definition) is 0. The van der Waals surface area contributed by atoms with Crippen molar-refractivity contribution < 1.29 is 21.8 Å². The summed E-state index contributed by atoms with van der Waals surface area (Å²) in [5.74, 6) is 1.01. The Morgan fingerprint density at radius 3 is 2.54 bits per heavy atom. The molecule has 0 spiro atoms. The summed E-state index contributed by atoms with van der Waals surface area (Å²) in [4.78, 5) is 14.5. The van der Waals surface area contributed by atoms with Crippen LogP contribution in [0.1, 0.15) is 56.8 Å². The molecule has 0 aliphatic rings. The fourth-order valence-electron chi connectivity index (χ4n) is 2.95. The minimum Gasteiger partial charge on any atom is -0.467 e. The number of carbonyl (C=O) groups excluding carboxylic acids is 1. The summed E-state index contributed by atoms with van der Waals surface area (Å²) in [6.45, 7) is 2.89. The molecule has 7 heteroatoms. The monoisotopic (exact) mass is 407 g/mol. The topological polar surface area (TPSA) is 76.8 Å². The first-order chi connectivity index (χ1) is 13.4. The van der Waals surface area contributed by atoms with Crippen molar-refractivity contribution in [3.63, 3.8) is 0 Å². The van der Waals surface area contributed by atoms with E-state index in [9.17, 15) is 13.2 Å². The molecule has 1 amide bonds. The van der Waals surface area contributed by atoms with Crippen LogP contribution in [0.25, 0.3) is 0 Å². The number of benzene rings is 1. The van der Waals surface area contributed by atoms with Crippen LogP contribution < -0.4 is 4.18 Å². The van der Waals surface area contributed by atoms with Crippen LogP contribution in [0, 0.1) is 0 Å². The molecule has 0 aliphatic carbocycles. The number of unbranched alkanes of at least 4 members (excludes halogenated alkanes) is 4. The van der Waals surface area contributed by atoms with Crippen molar-refractivity contribution in [2.75, 3.05) is 6.26 Å². The number of nitrogens with zero attached hydrogens (tertiary/aromatic N) is 1. The Morgan fingerprint density at radius 1 is 1.07 bits per heavy atom. The lowest BCUT2D eigenvalue weighted by Gasteiger charge is -2.22. The molecule has 0 saturated heterocycles. The summed E-state index contributed by atoms with van der Waals surface area (Å²) >= 11 is 0. The van der Waals surface area contributed by atoms with Crippen LogP contribution in [-0.4, -0.2) is 25.5 Å². The minimum atomic E-state index is -3.60. The fraction of sp³-hybridized carbons (Fsp3) is 0.476. The van der Waals surface area contributed by atoms with Gasteiger partial charge in [0.2, 0.25) is 5.91 Å². The molecule has 0 saturated carbocycles. The zero-order valence-corrected chi connectivity index (χ0v) is 17.4. The van der Waals surface area contributed by atoms with Gasteiger partial charge in [0.1, 0.15) is 11.5 Å². The number of amides is 1. The molecule has 2 aromatic rings. The van der Waals surface area contributed by atoms with Crippen LogP contribution in [0.4, 0.5) is 0 Å². The van der Waals surface area contributed by atoms with E-state index in [4.69, 9.17) is 8.60 Å². The Kier molecular flexibility index (Phi) is 8.57. The Balaban J connectivity index is 2.04. The first-order valence-corrected chi connectivity index (χ1v) is 11.5. The normalized spacial score (nSPS) is 11.4. The molecular formula is C21H29NO5S. The largest absolute Gasteiger partial charge is 0.467 e. The van der Waals surface area contributed by atoms with Gasteiger partial charge < -0.3 is 13.5 Å². The van der Waals surface area contributed by atoms with Gasteiger partial charge in [-0.1, -0.05) is 44.7 Å². The maximum Gasteiger partial charge on any atom is 0.306 e. The molecule has 2 rings (SSSR count). The number of furan rings is 1. The maximum absolute atomic E-state index is 12.8. The maximum atomic E-state index is 12.8. The zero-order valence-electron chi connectivity index (χ0n) is 16.6. The second kappa shape index (κ2) is 10.9. The van der Waals surface area contributed by atoms with Crippen LogP contribution in [0.5, 0.6) is 5.75 Å². The van der Waals surface area contributed by atoms with E-state index in [1.54, 1.807) is 35.4 Å². The van der Waals surface area contributed by atoms with Gasteiger partial charge in [0.15, 0.2) is 0 Å². The Labute approximate surface area is 167 Å². The molecular weight excluding hydrogens is 378 g/mol. The van der Waals surface area contributed by atoms with Gasteiger partial charge in [-0.15, -0.1) is 0 Å². The molecule has 6 nitrogen and oxygen atoms in total. The van der Waals surface area contributed by atoms with Gasteiger partial charge in [-0.2, -0.15) is 8.42 Å². The van der Waals surface area contributed by atoms with E-state index in [-0.39, 0.29) is 11.7 Å². The van der Waals surface area contributed by atoms with Crippen molar-refractivity contribution in [3.8, 4) is 5.75 Å². The van der Waals surface area contributed by atoms with E-state index in [1.165, 1.54) is 12.8 Å². The van der Waals surface area contributed by atoms with Crippen molar-refractivity contribution in [3.05, 3.63) is 54.0 Å². The van der Waals surface area contributed by atoms with Crippen LogP contribution in [0.3, 0.4) is 0 Å². The molecule has 0 aliphatic heterocycles. The fourth-order valence-corrected chi connectivity index (χ4v) is 3.40. The summed E-state index contributed by atoms with van der Waals surface area (Å²) < 4.78 is 33.0. The summed E-state index contributed by atoms with van der Waals surface area (Å²) in [6, 6.07) is 10.4. The van der Waals surface area contributed by atoms with E-state index in [1.807, 2.05) is 12.1 Å². The predicted molar refractivity (Wildman–Crippen MR) is 108 cm³/mol. The van der Waals surface area contributed by atoms with Crippen molar-refractivity contribution in [2.45, 2.75) is 58.5 Å². The van der Waals surface area contributed by atoms with Crippen molar-refractivity contribution in [1.29, 1.82) is 0 Å². The molecule has 1 aromatic heterocycles. The van der Waals surface area contributed by atoms with Gasteiger partial charge >= 0.3 is 10.1 Å². The number of hydrogen-bond acceptors (Lipinski definition) is 5. The third-order valence-electron chi connectivity index (χ3n) is 4.29. The second-order valence-electron chi connectivity index (χ2n) is 6.93. The highest BCUT2D eigenvalue weighted by Crippen LogP contribution is 2.19. The average molecular weight is 408 g/mol. The third-order valence-corrected chi connectivity index (χ3v) is 4.79. The summed E-state index contributed by atoms with van der Waals surface area (Å²) in [7, 11) is -3.60. The lowest BCUT2D eigenvalue weighted by atomic mass is 10.1. The number of rotatable bonds is 12. The van der Waals surface area contributed by atoms with Crippen molar-refractivity contribution in [2.24, 2.45) is 0 Å². The summed E-state index contributed by atoms with van der Waals surface area (Å²) in [5, 5.41) is 0. The molecule has 0 N–H and O–H groups in total. The molecule has 28 heavy (non-hydrogen) atoms. The Morgan fingerprint density at radius 2 is 1.86 bits per heavy atom. The van der Waals surface area contributed by atoms with E-state index in [0.717, 1.165) is 31.1 Å². The van der Waals surface area contributed by atoms with Crippen LogP contribution in [0.15, 0.2) is 47.1 Å². The first kappa shape index (κ1) is 22.0. The van der Waals surface area contributed by atoms with Crippen molar-refractivity contribution in [1.82, 2.24) is 4.90 Å². The molecule has 1 aromatic carbocycles.